The van der Waals surface area contributed by atoms with E-state index in [-0.39, 0.29) is 6.61 Å². The number of halogens is 1. The maximum atomic E-state index is 13.5. The monoisotopic (exact) mass is 630 g/mol. The normalized spacial score (nSPS) is 15.2. The molecule has 1 fully saturated rings. The van der Waals surface area contributed by atoms with Crippen LogP contribution in [0.15, 0.2) is 48.5 Å². The van der Waals surface area contributed by atoms with Crippen LogP contribution >= 0.6 is 22.9 Å². The van der Waals surface area contributed by atoms with Crippen LogP contribution in [0.5, 0.6) is 0 Å². The molecule has 2 aromatic heterocycles. The molecule has 230 valence electrons. The van der Waals surface area contributed by atoms with Gasteiger partial charge in [-0.3, -0.25) is 4.68 Å². The summed E-state index contributed by atoms with van der Waals surface area (Å²) in [6.07, 6.45) is 1.26. The van der Waals surface area contributed by atoms with Crippen molar-refractivity contribution < 1.29 is 14.3 Å². The van der Waals surface area contributed by atoms with E-state index in [1.165, 1.54) is 11.1 Å². The van der Waals surface area contributed by atoms with Crippen LogP contribution in [0.2, 0.25) is 5.02 Å². The minimum absolute atomic E-state index is 0.265. The van der Waals surface area contributed by atoms with E-state index in [2.05, 4.69) is 29.6 Å². The van der Waals surface area contributed by atoms with E-state index in [1.807, 2.05) is 70.6 Å². The molecule has 1 aliphatic rings. The van der Waals surface area contributed by atoms with Crippen LogP contribution in [-0.2, 0) is 21.3 Å². The third-order valence-electron chi connectivity index (χ3n) is 8.15. The Labute approximate surface area is 267 Å². The highest BCUT2D eigenvalue weighted by molar-refractivity contribution is 7.22. The SMILES string of the molecule is CCOC(=O)[C@@H](OC(C)(C)C)c1c(C)cc2nc(-c3ccc4c(c3)c(C3CCNCC3)nn4C)sc2c1-c1ccc(Cl)cc1. The predicted molar refractivity (Wildman–Crippen MR) is 180 cm³/mol. The Morgan fingerprint density at radius 2 is 1.82 bits per heavy atom. The van der Waals surface area contributed by atoms with E-state index in [1.54, 1.807) is 11.3 Å². The molecular weight excluding hydrogens is 592 g/mol. The Morgan fingerprint density at radius 3 is 2.50 bits per heavy atom. The van der Waals surface area contributed by atoms with Crippen molar-refractivity contribution in [3.8, 4) is 21.7 Å². The van der Waals surface area contributed by atoms with Gasteiger partial charge in [0.2, 0.25) is 0 Å². The maximum Gasteiger partial charge on any atom is 0.339 e. The molecule has 0 aliphatic carbocycles. The van der Waals surface area contributed by atoms with E-state index >= 15 is 0 Å². The standard InChI is InChI=1S/C35H39ClN4O3S/c1-7-42-34(41)31(43-35(3,4)5)28-20(2)18-26-32(29(28)21-8-11-24(36)12-9-21)44-33(38-26)23-10-13-27-25(19-23)30(39-40(27)6)22-14-16-37-17-15-22/h8-13,18-19,22,31,37H,7,14-17H2,1-6H3/t31-/m0/s1. The molecule has 3 heterocycles. The zero-order valence-electron chi connectivity index (χ0n) is 26.2. The molecule has 44 heavy (non-hydrogen) atoms. The molecule has 9 heteroatoms. The van der Waals surface area contributed by atoms with Crippen LogP contribution in [0.4, 0.5) is 0 Å². The topological polar surface area (TPSA) is 78.3 Å². The molecule has 0 bridgehead atoms. The van der Waals surface area contributed by atoms with Gasteiger partial charge in [-0.2, -0.15) is 5.10 Å². The predicted octanol–water partition coefficient (Wildman–Crippen LogP) is 8.37. The van der Waals surface area contributed by atoms with Gasteiger partial charge in [-0.25, -0.2) is 9.78 Å². The van der Waals surface area contributed by atoms with E-state index in [9.17, 15) is 4.79 Å². The minimum atomic E-state index is -0.908. The van der Waals surface area contributed by atoms with Crippen LogP contribution < -0.4 is 5.32 Å². The lowest BCUT2D eigenvalue weighted by Crippen LogP contribution is -2.29. The number of esters is 1. The van der Waals surface area contributed by atoms with Crippen molar-refractivity contribution in [3.05, 3.63) is 70.4 Å². The number of thiazole rings is 1. The number of rotatable bonds is 7. The van der Waals surface area contributed by atoms with Crippen LogP contribution in [0, 0.1) is 6.92 Å². The summed E-state index contributed by atoms with van der Waals surface area (Å²) in [5.74, 6) is 0.0345. The van der Waals surface area contributed by atoms with E-state index in [0.717, 1.165) is 74.5 Å². The molecule has 3 aromatic carbocycles. The fraction of sp³-hybridized carbons (Fsp3) is 0.400. The summed E-state index contributed by atoms with van der Waals surface area (Å²) in [6.45, 7) is 12.0. The summed E-state index contributed by atoms with van der Waals surface area (Å²) in [5.41, 5.74) is 7.20. The number of fused-ring (bicyclic) bond motifs is 2. The average Bonchev–Trinajstić information content (AvgIpc) is 3.56. The molecule has 0 amide bonds. The summed E-state index contributed by atoms with van der Waals surface area (Å²) in [5, 5.41) is 11.2. The van der Waals surface area contributed by atoms with Gasteiger partial charge in [0, 0.05) is 40.1 Å². The lowest BCUT2D eigenvalue weighted by Gasteiger charge is -2.29. The quantitative estimate of drug-likeness (QED) is 0.182. The molecule has 1 atom stereocenters. The van der Waals surface area contributed by atoms with Crippen molar-refractivity contribution in [1.29, 1.82) is 0 Å². The first-order valence-electron chi connectivity index (χ1n) is 15.3. The molecule has 1 aliphatic heterocycles. The number of aryl methyl sites for hydroxylation is 2. The molecule has 1 saturated heterocycles. The minimum Gasteiger partial charge on any atom is -0.464 e. The number of hydrogen-bond donors (Lipinski definition) is 1. The summed E-state index contributed by atoms with van der Waals surface area (Å²) in [4.78, 5) is 18.6. The second-order valence-electron chi connectivity index (χ2n) is 12.5. The second-order valence-corrected chi connectivity index (χ2v) is 13.9. The van der Waals surface area contributed by atoms with Gasteiger partial charge in [-0.1, -0.05) is 23.7 Å². The van der Waals surface area contributed by atoms with Crippen molar-refractivity contribution >= 4 is 50.0 Å². The number of nitrogens with one attached hydrogen (secondary N) is 1. The van der Waals surface area contributed by atoms with Gasteiger partial charge < -0.3 is 14.8 Å². The maximum absolute atomic E-state index is 13.5. The Kier molecular flexibility index (Phi) is 8.54. The number of benzene rings is 3. The average molecular weight is 631 g/mol. The van der Waals surface area contributed by atoms with Gasteiger partial charge in [0.05, 0.1) is 33.6 Å². The zero-order chi connectivity index (χ0) is 31.2. The molecule has 7 nitrogen and oxygen atoms in total. The fourth-order valence-corrected chi connectivity index (χ4v) is 7.44. The zero-order valence-corrected chi connectivity index (χ0v) is 27.7. The third-order valence-corrected chi connectivity index (χ3v) is 9.54. The summed E-state index contributed by atoms with van der Waals surface area (Å²) < 4.78 is 15.0. The fourth-order valence-electron chi connectivity index (χ4n) is 6.19. The lowest BCUT2D eigenvalue weighted by atomic mass is 9.91. The number of carbonyl (C=O) groups is 1. The third kappa shape index (κ3) is 6.01. The summed E-state index contributed by atoms with van der Waals surface area (Å²) >= 11 is 7.94. The summed E-state index contributed by atoms with van der Waals surface area (Å²) in [6, 6.07) is 16.3. The Bertz CT molecular complexity index is 1830. The smallest absolute Gasteiger partial charge is 0.339 e. The van der Waals surface area contributed by atoms with E-state index < -0.39 is 17.7 Å². The van der Waals surface area contributed by atoms with Crippen molar-refractivity contribution in [2.24, 2.45) is 7.05 Å². The largest absolute Gasteiger partial charge is 0.464 e. The molecule has 1 N–H and O–H groups in total. The number of hydrogen-bond acceptors (Lipinski definition) is 7. The number of nitrogens with zero attached hydrogens (tertiary/aromatic N) is 3. The molecule has 6 rings (SSSR count). The van der Waals surface area contributed by atoms with Crippen LogP contribution in [-0.4, -0.2) is 46.0 Å². The van der Waals surface area contributed by atoms with Crippen LogP contribution in [0.3, 0.4) is 0 Å². The number of carbonyl (C=O) groups excluding carboxylic acids is 1. The highest BCUT2D eigenvalue weighted by Crippen LogP contribution is 2.45. The molecule has 0 radical (unpaired) electrons. The van der Waals surface area contributed by atoms with E-state index in [4.69, 9.17) is 31.2 Å². The Balaban J connectivity index is 1.55. The van der Waals surface area contributed by atoms with Gasteiger partial charge in [-0.15, -0.1) is 11.3 Å². The van der Waals surface area contributed by atoms with Gasteiger partial charge in [0.25, 0.3) is 0 Å². The first-order valence-corrected chi connectivity index (χ1v) is 16.5. The highest BCUT2D eigenvalue weighted by Gasteiger charge is 2.33. The van der Waals surface area contributed by atoms with E-state index in [0.29, 0.717) is 10.9 Å². The molecule has 0 saturated carbocycles. The molecule has 0 unspecified atom stereocenters. The lowest BCUT2D eigenvalue weighted by molar-refractivity contribution is -0.166. The van der Waals surface area contributed by atoms with Crippen LogP contribution in [0.25, 0.3) is 42.8 Å². The molecule has 0 spiro atoms. The van der Waals surface area contributed by atoms with Crippen molar-refractivity contribution in [2.75, 3.05) is 19.7 Å². The highest BCUT2D eigenvalue weighted by atomic mass is 35.5. The van der Waals surface area contributed by atoms with Gasteiger partial charge in [0.1, 0.15) is 5.01 Å². The van der Waals surface area contributed by atoms with Gasteiger partial charge in [0.15, 0.2) is 6.10 Å². The number of ether oxygens (including phenoxy) is 2. The molecular formula is C35H39ClN4O3S. The second kappa shape index (κ2) is 12.2. The van der Waals surface area contributed by atoms with Crippen molar-refractivity contribution in [2.45, 2.75) is 65.1 Å². The first kappa shape index (κ1) is 30.7. The Morgan fingerprint density at radius 1 is 1.11 bits per heavy atom. The molecule has 5 aromatic rings. The summed E-state index contributed by atoms with van der Waals surface area (Å²) in [7, 11) is 2.02. The van der Waals surface area contributed by atoms with Crippen molar-refractivity contribution in [1.82, 2.24) is 20.1 Å². The number of piperidine rings is 1. The van der Waals surface area contributed by atoms with Gasteiger partial charge in [-0.05, 0) is 108 Å². The van der Waals surface area contributed by atoms with Crippen LogP contribution in [0.1, 0.15) is 69.4 Å². The number of aromatic nitrogens is 3. The first-order chi connectivity index (χ1) is 21.0. The van der Waals surface area contributed by atoms with Crippen molar-refractivity contribution in [3.63, 3.8) is 0 Å². The van der Waals surface area contributed by atoms with Gasteiger partial charge >= 0.3 is 5.97 Å². The Hall–Kier alpha value is -3.30.